The molecule has 0 amide bonds. The summed E-state index contributed by atoms with van der Waals surface area (Å²) in [7, 11) is 2.05. The molecule has 5 heteroatoms. The lowest BCUT2D eigenvalue weighted by atomic mass is 9.90. The van der Waals surface area contributed by atoms with E-state index in [9.17, 15) is 4.79 Å². The lowest BCUT2D eigenvalue weighted by molar-refractivity contribution is -0.138. The Bertz CT molecular complexity index is 662. The number of aliphatic carboxylic acids is 1. The highest BCUT2D eigenvalue weighted by Crippen LogP contribution is 2.36. The molecule has 0 saturated carbocycles. The molecule has 1 aromatic carbocycles. The number of carbonyl (C=O) groups is 1. The molecule has 3 rings (SSSR count). The van der Waals surface area contributed by atoms with Crippen molar-refractivity contribution in [3.05, 3.63) is 35.5 Å². The van der Waals surface area contributed by atoms with Crippen LogP contribution in [0.1, 0.15) is 23.7 Å². The molecule has 106 valence electrons. The van der Waals surface area contributed by atoms with E-state index in [1.165, 1.54) is 22.2 Å². The van der Waals surface area contributed by atoms with Gasteiger partial charge in [-0.15, -0.1) is 0 Å². The van der Waals surface area contributed by atoms with Crippen LogP contribution in [0.3, 0.4) is 0 Å². The predicted molar refractivity (Wildman–Crippen MR) is 77.3 cm³/mol. The zero-order valence-electron chi connectivity index (χ0n) is 11.7. The van der Waals surface area contributed by atoms with Gasteiger partial charge in [0.1, 0.15) is 0 Å². The average Bonchev–Trinajstić information content (AvgIpc) is 2.94. The van der Waals surface area contributed by atoms with Crippen LogP contribution < -0.4 is 10.9 Å². The number of aromatic nitrogens is 1. The first kappa shape index (κ1) is 13.1. The second-order valence-corrected chi connectivity index (χ2v) is 5.44. The summed E-state index contributed by atoms with van der Waals surface area (Å²) >= 11 is 0. The molecule has 2 unspecified atom stereocenters. The number of nitrogens with one attached hydrogen (secondary N) is 2. The fourth-order valence-electron chi connectivity index (χ4n) is 3.20. The van der Waals surface area contributed by atoms with Gasteiger partial charge in [-0.2, -0.15) is 0 Å². The number of benzene rings is 1. The molecule has 2 atom stereocenters. The normalized spacial score (nSPS) is 22.5. The van der Waals surface area contributed by atoms with Crippen molar-refractivity contribution in [3.8, 4) is 0 Å². The Labute approximate surface area is 117 Å². The van der Waals surface area contributed by atoms with Crippen LogP contribution in [0.15, 0.2) is 24.3 Å². The summed E-state index contributed by atoms with van der Waals surface area (Å²) in [6.45, 7) is 2.77. The van der Waals surface area contributed by atoms with Crippen molar-refractivity contribution in [3.63, 3.8) is 0 Å². The number of rotatable bonds is 3. The highest BCUT2D eigenvalue weighted by molar-refractivity contribution is 5.86. The quantitative estimate of drug-likeness (QED) is 0.796. The third kappa shape index (κ3) is 1.99. The topological polar surface area (TPSA) is 66.3 Å². The van der Waals surface area contributed by atoms with Gasteiger partial charge in [-0.1, -0.05) is 18.2 Å². The minimum atomic E-state index is -0.747. The maximum absolute atomic E-state index is 11.0. The van der Waals surface area contributed by atoms with Crippen molar-refractivity contribution >= 4 is 16.9 Å². The van der Waals surface area contributed by atoms with E-state index < -0.39 is 5.97 Å². The van der Waals surface area contributed by atoms with Crippen LogP contribution in [0.4, 0.5) is 0 Å². The largest absolute Gasteiger partial charge is 0.481 e. The van der Waals surface area contributed by atoms with E-state index in [1.54, 1.807) is 0 Å². The number of nitrogens with zero attached hydrogens (tertiary/aromatic N) is 1. The first-order chi connectivity index (χ1) is 9.59. The lowest BCUT2D eigenvalue weighted by Crippen LogP contribution is -2.25. The molecule has 1 fully saturated rings. The summed E-state index contributed by atoms with van der Waals surface area (Å²) < 4.78 is 2.17. The number of hydrogen-bond acceptors (Lipinski definition) is 3. The highest BCUT2D eigenvalue weighted by Gasteiger charge is 2.33. The molecule has 2 aromatic rings. The van der Waals surface area contributed by atoms with Crippen LogP contribution in [0, 0.1) is 12.8 Å². The monoisotopic (exact) mass is 273 g/mol. The zero-order valence-corrected chi connectivity index (χ0v) is 11.7. The first-order valence-electron chi connectivity index (χ1n) is 6.83. The Balaban J connectivity index is 2.09. The van der Waals surface area contributed by atoms with E-state index in [0.29, 0.717) is 6.54 Å². The smallest absolute Gasteiger partial charge is 0.303 e. The van der Waals surface area contributed by atoms with Crippen LogP contribution in [0.2, 0.25) is 0 Å². The number of aryl methyl sites for hydroxylation is 1. The van der Waals surface area contributed by atoms with E-state index in [1.807, 2.05) is 12.1 Å². The van der Waals surface area contributed by atoms with Crippen LogP contribution in [0.5, 0.6) is 0 Å². The number of fused-ring (bicyclic) bond motifs is 1. The zero-order chi connectivity index (χ0) is 14.3. The minimum absolute atomic E-state index is 0.0391. The van der Waals surface area contributed by atoms with Crippen LogP contribution in [-0.4, -0.2) is 22.2 Å². The van der Waals surface area contributed by atoms with Crippen molar-refractivity contribution in [2.24, 2.45) is 13.0 Å². The van der Waals surface area contributed by atoms with Gasteiger partial charge in [0.25, 0.3) is 0 Å². The molecule has 0 spiro atoms. The van der Waals surface area contributed by atoms with Gasteiger partial charge in [0, 0.05) is 36.1 Å². The molecule has 5 nitrogen and oxygen atoms in total. The van der Waals surface area contributed by atoms with Gasteiger partial charge in [0.05, 0.1) is 12.5 Å². The Hall–Kier alpha value is -1.85. The van der Waals surface area contributed by atoms with Crippen molar-refractivity contribution in [1.82, 2.24) is 15.4 Å². The van der Waals surface area contributed by atoms with Gasteiger partial charge in [-0.05, 0) is 18.6 Å². The van der Waals surface area contributed by atoms with Gasteiger partial charge in [-0.3, -0.25) is 10.2 Å². The molecule has 0 aliphatic carbocycles. The van der Waals surface area contributed by atoms with E-state index in [-0.39, 0.29) is 18.4 Å². The van der Waals surface area contributed by atoms with Crippen molar-refractivity contribution in [2.75, 3.05) is 6.54 Å². The number of hydrazine groups is 1. The summed E-state index contributed by atoms with van der Waals surface area (Å²) in [6, 6.07) is 8.30. The van der Waals surface area contributed by atoms with Crippen LogP contribution in [0.25, 0.3) is 10.9 Å². The number of carboxylic acid groups (broad SMARTS) is 1. The summed E-state index contributed by atoms with van der Waals surface area (Å²) in [6.07, 6.45) is 0.174. The second-order valence-electron chi connectivity index (χ2n) is 5.44. The molecule has 1 aliphatic rings. The molecule has 3 N–H and O–H groups in total. The number of hydrogen-bond donors (Lipinski definition) is 3. The van der Waals surface area contributed by atoms with E-state index in [4.69, 9.17) is 5.11 Å². The molecule has 1 aliphatic heterocycles. The maximum atomic E-state index is 11.0. The molecule has 20 heavy (non-hydrogen) atoms. The summed E-state index contributed by atoms with van der Waals surface area (Å²) in [5.74, 6) is -0.680. The molecule has 0 radical (unpaired) electrons. The Kier molecular flexibility index (Phi) is 3.23. The van der Waals surface area contributed by atoms with Gasteiger partial charge >= 0.3 is 5.97 Å². The minimum Gasteiger partial charge on any atom is -0.481 e. The van der Waals surface area contributed by atoms with Gasteiger partial charge < -0.3 is 9.67 Å². The summed E-state index contributed by atoms with van der Waals surface area (Å²) in [5, 5.41) is 10.3. The van der Waals surface area contributed by atoms with Gasteiger partial charge in [0.15, 0.2) is 0 Å². The first-order valence-corrected chi connectivity index (χ1v) is 6.83. The summed E-state index contributed by atoms with van der Waals surface area (Å²) in [5.41, 5.74) is 9.93. The third-order valence-electron chi connectivity index (χ3n) is 4.29. The van der Waals surface area contributed by atoms with E-state index >= 15 is 0 Å². The summed E-state index contributed by atoms with van der Waals surface area (Å²) in [4.78, 5) is 11.0. The fourth-order valence-corrected chi connectivity index (χ4v) is 3.20. The van der Waals surface area contributed by atoms with Crippen molar-refractivity contribution < 1.29 is 9.90 Å². The van der Waals surface area contributed by atoms with E-state index in [0.717, 1.165) is 0 Å². The Morgan fingerprint density at radius 2 is 2.20 bits per heavy atom. The average molecular weight is 273 g/mol. The lowest BCUT2D eigenvalue weighted by Gasteiger charge is -2.18. The number of carboxylic acids is 1. The SMILES string of the molecule is Cc1c(C2NNCC2CC(=O)O)c2ccccc2n1C. The van der Waals surface area contributed by atoms with E-state index in [2.05, 4.69) is 41.5 Å². The molecule has 0 bridgehead atoms. The van der Waals surface area contributed by atoms with Crippen LogP contribution in [-0.2, 0) is 11.8 Å². The van der Waals surface area contributed by atoms with Gasteiger partial charge in [-0.25, -0.2) is 5.43 Å². The fraction of sp³-hybridized carbons (Fsp3) is 0.400. The molecule has 1 saturated heterocycles. The molecule has 1 aromatic heterocycles. The molecule has 2 heterocycles. The molecular formula is C15H19N3O2. The Morgan fingerprint density at radius 1 is 1.45 bits per heavy atom. The Morgan fingerprint density at radius 3 is 2.95 bits per heavy atom. The predicted octanol–water partition coefficient (Wildman–Crippen LogP) is 1.73. The third-order valence-corrected chi connectivity index (χ3v) is 4.29. The van der Waals surface area contributed by atoms with Crippen LogP contribution >= 0.6 is 0 Å². The highest BCUT2D eigenvalue weighted by atomic mass is 16.4. The van der Waals surface area contributed by atoms with Gasteiger partial charge in [0.2, 0.25) is 0 Å². The number of para-hydroxylation sites is 1. The second kappa shape index (κ2) is 4.92. The maximum Gasteiger partial charge on any atom is 0.303 e. The molecular weight excluding hydrogens is 254 g/mol. The van der Waals surface area contributed by atoms with Crippen molar-refractivity contribution in [1.29, 1.82) is 0 Å². The van der Waals surface area contributed by atoms with Crippen molar-refractivity contribution in [2.45, 2.75) is 19.4 Å². The standard InChI is InChI=1S/C15H19N3O2/c1-9-14(11-5-3-4-6-12(11)18(9)2)15-10(7-13(19)20)8-16-17-15/h3-6,10,15-17H,7-8H2,1-2H3,(H,19,20).